The van der Waals surface area contributed by atoms with Crippen molar-refractivity contribution < 1.29 is 4.79 Å². The molecule has 2 aromatic rings. The first kappa shape index (κ1) is 13.8. The van der Waals surface area contributed by atoms with Gasteiger partial charge in [-0.15, -0.1) is 0 Å². The largest absolute Gasteiger partial charge is 0.337 e. The van der Waals surface area contributed by atoms with Crippen LogP contribution in [0.15, 0.2) is 29.1 Å². The highest BCUT2D eigenvalue weighted by Crippen LogP contribution is 2.22. The summed E-state index contributed by atoms with van der Waals surface area (Å²) in [5.74, 6) is 0.631. The van der Waals surface area contributed by atoms with Gasteiger partial charge in [0.2, 0.25) is 0 Å². The van der Waals surface area contributed by atoms with Crippen LogP contribution in [0.5, 0.6) is 0 Å². The molecule has 3 rings (SSSR count). The Kier molecular flexibility index (Phi) is 3.73. The maximum atomic E-state index is 12.7. The standard InChI is InChI=1S/C16H19N3O2/c1-2-11-7-9-19(10-8-11)16(21)14-12-5-3-4-6-13(12)15(20)18-17-14/h3-6,11H,2,7-10H2,1H3,(H,18,20). The predicted molar refractivity (Wildman–Crippen MR) is 81.3 cm³/mol. The van der Waals surface area contributed by atoms with E-state index in [4.69, 9.17) is 0 Å². The molecule has 0 bridgehead atoms. The van der Waals surface area contributed by atoms with E-state index in [9.17, 15) is 9.59 Å². The predicted octanol–water partition coefficient (Wildman–Crippen LogP) is 2.19. The fourth-order valence-corrected chi connectivity index (χ4v) is 2.97. The molecule has 1 amide bonds. The zero-order valence-corrected chi connectivity index (χ0v) is 12.1. The molecule has 0 unspecified atom stereocenters. The molecule has 0 radical (unpaired) electrons. The second-order valence-electron chi connectivity index (χ2n) is 5.59. The van der Waals surface area contributed by atoms with Crippen molar-refractivity contribution in [2.75, 3.05) is 13.1 Å². The van der Waals surface area contributed by atoms with Crippen molar-refractivity contribution in [1.82, 2.24) is 15.1 Å². The maximum absolute atomic E-state index is 12.7. The van der Waals surface area contributed by atoms with Gasteiger partial charge in [-0.25, -0.2) is 5.10 Å². The highest BCUT2D eigenvalue weighted by Gasteiger charge is 2.25. The Morgan fingerprint density at radius 1 is 1.29 bits per heavy atom. The topological polar surface area (TPSA) is 66.1 Å². The van der Waals surface area contributed by atoms with Gasteiger partial charge in [0.05, 0.1) is 5.39 Å². The molecule has 0 spiro atoms. The lowest BCUT2D eigenvalue weighted by Gasteiger charge is -2.31. The third-order valence-corrected chi connectivity index (χ3v) is 4.38. The van der Waals surface area contributed by atoms with Crippen molar-refractivity contribution in [1.29, 1.82) is 0 Å². The second-order valence-corrected chi connectivity index (χ2v) is 5.59. The van der Waals surface area contributed by atoms with Crippen LogP contribution in [0.4, 0.5) is 0 Å². The number of carbonyl (C=O) groups is 1. The summed E-state index contributed by atoms with van der Waals surface area (Å²) >= 11 is 0. The molecule has 2 heterocycles. The number of aromatic nitrogens is 2. The first-order valence-electron chi connectivity index (χ1n) is 7.47. The van der Waals surface area contributed by atoms with Gasteiger partial charge in [-0.05, 0) is 24.8 Å². The molecule has 1 aliphatic rings. The van der Waals surface area contributed by atoms with E-state index < -0.39 is 0 Å². The van der Waals surface area contributed by atoms with Crippen molar-refractivity contribution in [3.8, 4) is 0 Å². The molecular weight excluding hydrogens is 266 g/mol. The van der Waals surface area contributed by atoms with Gasteiger partial charge in [-0.3, -0.25) is 9.59 Å². The molecule has 0 saturated carbocycles. The number of likely N-dealkylation sites (tertiary alicyclic amines) is 1. The Morgan fingerprint density at radius 3 is 2.62 bits per heavy atom. The van der Waals surface area contributed by atoms with Crippen LogP contribution in [0.2, 0.25) is 0 Å². The van der Waals surface area contributed by atoms with Crippen LogP contribution in [0, 0.1) is 5.92 Å². The molecule has 1 aromatic carbocycles. The average molecular weight is 285 g/mol. The fraction of sp³-hybridized carbons (Fsp3) is 0.438. The summed E-state index contributed by atoms with van der Waals surface area (Å²) < 4.78 is 0. The van der Waals surface area contributed by atoms with Crippen molar-refractivity contribution in [2.45, 2.75) is 26.2 Å². The Hall–Kier alpha value is -2.17. The first-order valence-corrected chi connectivity index (χ1v) is 7.47. The first-order chi connectivity index (χ1) is 10.2. The summed E-state index contributed by atoms with van der Waals surface area (Å²) in [6, 6.07) is 7.11. The van der Waals surface area contributed by atoms with Crippen molar-refractivity contribution in [2.24, 2.45) is 5.92 Å². The van der Waals surface area contributed by atoms with Gasteiger partial charge in [0, 0.05) is 18.5 Å². The van der Waals surface area contributed by atoms with Crippen LogP contribution >= 0.6 is 0 Å². The summed E-state index contributed by atoms with van der Waals surface area (Å²) in [4.78, 5) is 26.3. The number of piperidine rings is 1. The van der Waals surface area contributed by atoms with E-state index in [-0.39, 0.29) is 11.5 Å². The number of amides is 1. The fourth-order valence-electron chi connectivity index (χ4n) is 2.97. The van der Waals surface area contributed by atoms with Gasteiger partial charge in [0.25, 0.3) is 11.5 Å². The summed E-state index contributed by atoms with van der Waals surface area (Å²) in [7, 11) is 0. The van der Waals surface area contributed by atoms with Gasteiger partial charge in [-0.2, -0.15) is 5.10 Å². The van der Waals surface area contributed by atoms with Gasteiger partial charge >= 0.3 is 0 Å². The zero-order chi connectivity index (χ0) is 14.8. The molecule has 0 atom stereocenters. The molecular formula is C16H19N3O2. The Morgan fingerprint density at radius 2 is 1.95 bits per heavy atom. The number of hydrogen-bond acceptors (Lipinski definition) is 3. The van der Waals surface area contributed by atoms with Crippen LogP contribution in [0.3, 0.4) is 0 Å². The lowest BCUT2D eigenvalue weighted by molar-refractivity contribution is 0.0684. The number of carbonyl (C=O) groups excluding carboxylic acids is 1. The zero-order valence-electron chi connectivity index (χ0n) is 12.1. The minimum absolute atomic E-state index is 0.0861. The molecule has 21 heavy (non-hydrogen) atoms. The van der Waals surface area contributed by atoms with Gasteiger partial charge in [0.15, 0.2) is 5.69 Å². The van der Waals surface area contributed by atoms with Crippen LogP contribution < -0.4 is 5.56 Å². The number of H-pyrrole nitrogens is 1. The molecule has 1 saturated heterocycles. The summed E-state index contributed by atoms with van der Waals surface area (Å²) in [5, 5.41) is 7.56. The number of aromatic amines is 1. The van der Waals surface area contributed by atoms with E-state index in [0.29, 0.717) is 22.4 Å². The Bertz CT molecular complexity index is 715. The van der Waals surface area contributed by atoms with Crippen molar-refractivity contribution in [3.05, 3.63) is 40.3 Å². The minimum atomic E-state index is -0.258. The molecule has 1 aliphatic heterocycles. The molecule has 0 aliphatic carbocycles. The van der Waals surface area contributed by atoms with E-state index >= 15 is 0 Å². The van der Waals surface area contributed by atoms with Gasteiger partial charge < -0.3 is 4.90 Å². The lowest BCUT2D eigenvalue weighted by atomic mass is 9.94. The number of rotatable bonds is 2. The van der Waals surface area contributed by atoms with Crippen LogP contribution in [-0.2, 0) is 0 Å². The summed E-state index contributed by atoms with van der Waals surface area (Å²) in [5.41, 5.74) is 0.0898. The van der Waals surface area contributed by atoms with E-state index in [2.05, 4.69) is 17.1 Å². The molecule has 5 heteroatoms. The number of fused-ring (bicyclic) bond motifs is 1. The summed E-state index contributed by atoms with van der Waals surface area (Å²) in [6.45, 7) is 3.73. The van der Waals surface area contributed by atoms with Crippen LogP contribution in [-0.4, -0.2) is 34.1 Å². The van der Waals surface area contributed by atoms with E-state index in [0.717, 1.165) is 25.9 Å². The molecule has 110 valence electrons. The number of benzene rings is 1. The average Bonchev–Trinajstić information content (AvgIpc) is 2.55. The van der Waals surface area contributed by atoms with Crippen molar-refractivity contribution in [3.63, 3.8) is 0 Å². The molecule has 1 N–H and O–H groups in total. The van der Waals surface area contributed by atoms with Gasteiger partial charge in [0.1, 0.15) is 0 Å². The Labute approximate surface area is 123 Å². The monoisotopic (exact) mass is 285 g/mol. The third kappa shape index (κ3) is 2.55. The second kappa shape index (κ2) is 5.68. The maximum Gasteiger partial charge on any atom is 0.274 e. The highest BCUT2D eigenvalue weighted by molar-refractivity contribution is 6.04. The van der Waals surface area contributed by atoms with Crippen LogP contribution in [0.25, 0.3) is 10.8 Å². The smallest absolute Gasteiger partial charge is 0.274 e. The summed E-state index contributed by atoms with van der Waals surface area (Å²) in [6.07, 6.45) is 3.26. The normalized spacial score (nSPS) is 16.3. The number of nitrogens with zero attached hydrogens (tertiary/aromatic N) is 2. The minimum Gasteiger partial charge on any atom is -0.337 e. The lowest BCUT2D eigenvalue weighted by Crippen LogP contribution is -2.39. The molecule has 1 aromatic heterocycles. The van der Waals surface area contributed by atoms with Crippen LogP contribution in [0.1, 0.15) is 36.7 Å². The quantitative estimate of drug-likeness (QED) is 0.919. The van der Waals surface area contributed by atoms with E-state index in [1.165, 1.54) is 6.42 Å². The number of hydrogen-bond donors (Lipinski definition) is 1. The Balaban J connectivity index is 1.92. The molecule has 5 nitrogen and oxygen atoms in total. The van der Waals surface area contributed by atoms with E-state index in [1.807, 2.05) is 11.0 Å². The van der Waals surface area contributed by atoms with Gasteiger partial charge in [-0.1, -0.05) is 31.5 Å². The van der Waals surface area contributed by atoms with E-state index in [1.54, 1.807) is 18.2 Å². The number of nitrogens with one attached hydrogen (secondary N) is 1. The van der Waals surface area contributed by atoms with Crippen molar-refractivity contribution >= 4 is 16.7 Å². The highest BCUT2D eigenvalue weighted by atomic mass is 16.2. The molecule has 1 fully saturated rings. The SMILES string of the molecule is CCC1CCN(C(=O)c2n[nH]c(=O)c3ccccc23)CC1. The third-order valence-electron chi connectivity index (χ3n) is 4.38.